The minimum absolute atomic E-state index is 0.0973. The van der Waals surface area contributed by atoms with Crippen LogP contribution in [0.3, 0.4) is 0 Å². The van der Waals surface area contributed by atoms with Gasteiger partial charge in [-0.05, 0) is 54.8 Å². The van der Waals surface area contributed by atoms with Gasteiger partial charge in [0.05, 0.1) is 6.61 Å². The monoisotopic (exact) mass is 492 g/mol. The van der Waals surface area contributed by atoms with Crippen molar-refractivity contribution >= 4 is 0 Å². The quantitative estimate of drug-likeness (QED) is 0.177. The number of hydrogen-bond donors (Lipinski definition) is 0. The molecule has 0 spiro atoms. The number of benzene rings is 2. The van der Waals surface area contributed by atoms with Crippen LogP contribution in [-0.2, 0) is 0 Å². The predicted molar refractivity (Wildman–Crippen MR) is 146 cm³/mol. The smallest absolute Gasteiger partial charge is 0.159 e. The van der Waals surface area contributed by atoms with Gasteiger partial charge in [0.25, 0.3) is 0 Å². The van der Waals surface area contributed by atoms with Crippen LogP contribution < -0.4 is 9.47 Å². The molecule has 1 unspecified atom stereocenters. The van der Waals surface area contributed by atoms with Crippen molar-refractivity contribution in [3.05, 3.63) is 60.9 Å². The second-order valence-electron chi connectivity index (χ2n) is 9.36. The first kappa shape index (κ1) is 27.6. The van der Waals surface area contributed by atoms with E-state index in [1.165, 1.54) is 38.5 Å². The first-order chi connectivity index (χ1) is 17.7. The number of aromatic nitrogens is 2. The SMILES string of the molecule is CCCCCCCCCOc1ccc(-c2ncc(-c3ccc(OCC(F)CCCC)cc3)cn2)cc1. The van der Waals surface area contributed by atoms with Gasteiger partial charge in [-0.2, -0.15) is 0 Å². The molecule has 0 amide bonds. The fourth-order valence-electron chi connectivity index (χ4n) is 4.01. The minimum atomic E-state index is -0.920. The molecular formula is C31H41FN2O2. The lowest BCUT2D eigenvalue weighted by Gasteiger charge is -2.10. The number of ether oxygens (including phenoxy) is 2. The molecule has 0 aliphatic carbocycles. The second kappa shape index (κ2) is 15.9. The number of unbranched alkanes of at least 4 members (excludes halogenated alkanes) is 7. The molecule has 0 fully saturated rings. The molecule has 3 rings (SSSR count). The Labute approximate surface area is 216 Å². The summed E-state index contributed by atoms with van der Waals surface area (Å²) in [6, 6.07) is 15.6. The van der Waals surface area contributed by atoms with E-state index >= 15 is 0 Å². The lowest BCUT2D eigenvalue weighted by atomic mass is 10.1. The van der Waals surface area contributed by atoms with E-state index in [2.05, 4.69) is 23.8 Å². The fraction of sp³-hybridized carbons (Fsp3) is 0.484. The van der Waals surface area contributed by atoms with Crippen LogP contribution in [0.15, 0.2) is 60.9 Å². The van der Waals surface area contributed by atoms with Crippen LogP contribution in [0, 0.1) is 0 Å². The first-order valence-electron chi connectivity index (χ1n) is 13.6. The van der Waals surface area contributed by atoms with E-state index in [1.54, 1.807) is 0 Å². The Morgan fingerprint density at radius 2 is 1.19 bits per heavy atom. The average molecular weight is 493 g/mol. The van der Waals surface area contributed by atoms with Crippen LogP contribution in [0.2, 0.25) is 0 Å². The Kier molecular flexibility index (Phi) is 12.2. The van der Waals surface area contributed by atoms with Gasteiger partial charge in [0.15, 0.2) is 5.82 Å². The van der Waals surface area contributed by atoms with Crippen molar-refractivity contribution in [1.29, 1.82) is 0 Å². The molecule has 5 heteroatoms. The zero-order chi connectivity index (χ0) is 25.4. The zero-order valence-corrected chi connectivity index (χ0v) is 21.9. The molecule has 194 valence electrons. The maximum absolute atomic E-state index is 13.8. The summed E-state index contributed by atoms with van der Waals surface area (Å²) in [5.74, 6) is 2.23. The number of rotatable bonds is 17. The molecule has 0 radical (unpaired) electrons. The van der Waals surface area contributed by atoms with E-state index < -0.39 is 6.17 Å². The summed E-state index contributed by atoms with van der Waals surface area (Å²) in [5.41, 5.74) is 2.87. The number of alkyl halides is 1. The normalized spacial score (nSPS) is 11.9. The van der Waals surface area contributed by atoms with Gasteiger partial charge in [-0.25, -0.2) is 14.4 Å². The lowest BCUT2D eigenvalue weighted by Crippen LogP contribution is -2.12. The largest absolute Gasteiger partial charge is 0.494 e. The van der Waals surface area contributed by atoms with Gasteiger partial charge in [0.1, 0.15) is 24.3 Å². The maximum atomic E-state index is 13.8. The molecule has 1 heterocycles. The Hall–Kier alpha value is -2.95. The summed E-state index contributed by atoms with van der Waals surface area (Å²) in [7, 11) is 0. The zero-order valence-electron chi connectivity index (χ0n) is 21.9. The molecule has 0 N–H and O–H groups in total. The van der Waals surface area contributed by atoms with Gasteiger partial charge >= 0.3 is 0 Å². The van der Waals surface area contributed by atoms with Crippen molar-refractivity contribution < 1.29 is 13.9 Å². The van der Waals surface area contributed by atoms with Crippen LogP contribution in [-0.4, -0.2) is 29.4 Å². The summed E-state index contributed by atoms with van der Waals surface area (Å²) in [5, 5.41) is 0. The van der Waals surface area contributed by atoms with Gasteiger partial charge in [-0.15, -0.1) is 0 Å². The molecule has 4 nitrogen and oxygen atoms in total. The second-order valence-corrected chi connectivity index (χ2v) is 9.36. The van der Waals surface area contributed by atoms with Crippen molar-refractivity contribution in [3.63, 3.8) is 0 Å². The highest BCUT2D eigenvalue weighted by molar-refractivity contribution is 5.64. The van der Waals surface area contributed by atoms with E-state index in [0.717, 1.165) is 48.3 Å². The van der Waals surface area contributed by atoms with Crippen LogP contribution in [0.4, 0.5) is 4.39 Å². The third kappa shape index (κ3) is 9.60. The number of halogens is 1. The van der Waals surface area contributed by atoms with E-state index in [4.69, 9.17) is 9.47 Å². The van der Waals surface area contributed by atoms with Crippen LogP contribution in [0.1, 0.15) is 78.1 Å². The molecule has 3 aromatic rings. The molecule has 1 aromatic heterocycles. The van der Waals surface area contributed by atoms with Gasteiger partial charge in [0.2, 0.25) is 0 Å². The lowest BCUT2D eigenvalue weighted by molar-refractivity contribution is 0.184. The van der Waals surface area contributed by atoms with Gasteiger partial charge in [-0.1, -0.05) is 77.3 Å². The van der Waals surface area contributed by atoms with Crippen molar-refractivity contribution in [2.75, 3.05) is 13.2 Å². The highest BCUT2D eigenvalue weighted by Crippen LogP contribution is 2.24. The van der Waals surface area contributed by atoms with Crippen LogP contribution in [0.5, 0.6) is 11.5 Å². The van der Waals surface area contributed by atoms with E-state index in [9.17, 15) is 4.39 Å². The Morgan fingerprint density at radius 3 is 1.83 bits per heavy atom. The summed E-state index contributed by atoms with van der Waals surface area (Å²) >= 11 is 0. The van der Waals surface area contributed by atoms with E-state index in [0.29, 0.717) is 18.0 Å². The van der Waals surface area contributed by atoms with Crippen LogP contribution >= 0.6 is 0 Å². The van der Waals surface area contributed by atoms with Crippen molar-refractivity contribution in [3.8, 4) is 34.0 Å². The molecule has 0 aliphatic heterocycles. The molecule has 36 heavy (non-hydrogen) atoms. The maximum Gasteiger partial charge on any atom is 0.159 e. The Bertz CT molecular complexity index is 975. The molecular weight excluding hydrogens is 451 g/mol. The van der Waals surface area contributed by atoms with Gasteiger partial charge < -0.3 is 9.47 Å². The minimum Gasteiger partial charge on any atom is -0.494 e. The molecule has 0 bridgehead atoms. The fourth-order valence-corrected chi connectivity index (χ4v) is 4.01. The van der Waals surface area contributed by atoms with E-state index in [-0.39, 0.29) is 6.61 Å². The highest BCUT2D eigenvalue weighted by Gasteiger charge is 2.08. The number of hydrogen-bond acceptors (Lipinski definition) is 4. The highest BCUT2D eigenvalue weighted by atomic mass is 19.1. The summed E-state index contributed by atoms with van der Waals surface area (Å²) in [6.07, 6.45) is 14.1. The summed E-state index contributed by atoms with van der Waals surface area (Å²) in [4.78, 5) is 9.10. The Morgan fingerprint density at radius 1 is 0.639 bits per heavy atom. The summed E-state index contributed by atoms with van der Waals surface area (Å²) in [6.45, 7) is 5.17. The van der Waals surface area contributed by atoms with Crippen molar-refractivity contribution in [2.24, 2.45) is 0 Å². The Balaban J connectivity index is 1.44. The van der Waals surface area contributed by atoms with Gasteiger partial charge in [0, 0.05) is 23.5 Å². The third-order valence-electron chi connectivity index (χ3n) is 6.27. The topological polar surface area (TPSA) is 44.2 Å². The number of nitrogens with zero attached hydrogens (tertiary/aromatic N) is 2. The summed E-state index contributed by atoms with van der Waals surface area (Å²) < 4.78 is 25.3. The molecule has 1 atom stereocenters. The molecule has 0 saturated heterocycles. The molecule has 0 aliphatic rings. The predicted octanol–water partition coefficient (Wildman–Crippen LogP) is 8.85. The average Bonchev–Trinajstić information content (AvgIpc) is 2.93. The van der Waals surface area contributed by atoms with E-state index in [1.807, 2.05) is 60.9 Å². The van der Waals surface area contributed by atoms with Gasteiger partial charge in [-0.3, -0.25) is 0 Å². The van der Waals surface area contributed by atoms with Crippen LogP contribution in [0.25, 0.3) is 22.5 Å². The molecule has 2 aromatic carbocycles. The molecule has 0 saturated carbocycles. The van der Waals surface area contributed by atoms with Crippen molar-refractivity contribution in [2.45, 2.75) is 84.2 Å². The first-order valence-corrected chi connectivity index (χ1v) is 13.6. The third-order valence-corrected chi connectivity index (χ3v) is 6.27. The standard InChI is InChI=1S/C31H41FN2O2/c1-3-5-7-8-9-10-11-21-35-29-19-15-26(16-20-29)31-33-22-27(23-34-31)25-13-17-30(18-14-25)36-24-28(32)12-6-4-2/h13-20,22-23,28H,3-12,21,24H2,1-2H3. The van der Waals surface area contributed by atoms with Crippen molar-refractivity contribution in [1.82, 2.24) is 9.97 Å².